The number of aromatic nitrogens is 2. The van der Waals surface area contributed by atoms with Gasteiger partial charge in [-0.2, -0.15) is 0 Å². The normalized spacial score (nSPS) is 15.1. The first-order valence-electron chi connectivity index (χ1n) is 9.17. The molecule has 1 aliphatic heterocycles. The Morgan fingerprint density at radius 1 is 1.19 bits per heavy atom. The van der Waals surface area contributed by atoms with E-state index in [9.17, 15) is 4.79 Å². The molecule has 0 unspecified atom stereocenters. The predicted molar refractivity (Wildman–Crippen MR) is 103 cm³/mol. The van der Waals surface area contributed by atoms with Gasteiger partial charge in [0.05, 0.1) is 12.2 Å². The van der Waals surface area contributed by atoms with Gasteiger partial charge in [-0.25, -0.2) is 9.97 Å². The highest BCUT2D eigenvalue weighted by atomic mass is 16.7. The van der Waals surface area contributed by atoms with Crippen LogP contribution in [0.15, 0.2) is 42.7 Å². The SMILES string of the molecule is COC(CNC(=O)C1CCN(c2cc(-c3ccccc3)ncn2)CC1)OC. The largest absolute Gasteiger partial charge is 0.356 e. The molecule has 0 aliphatic carbocycles. The van der Waals surface area contributed by atoms with E-state index < -0.39 is 6.29 Å². The van der Waals surface area contributed by atoms with Gasteiger partial charge in [-0.3, -0.25) is 4.79 Å². The Kier molecular flexibility index (Phi) is 6.73. The van der Waals surface area contributed by atoms with Crippen molar-refractivity contribution < 1.29 is 14.3 Å². The van der Waals surface area contributed by atoms with Crippen LogP contribution in [-0.4, -0.2) is 56.0 Å². The van der Waals surface area contributed by atoms with Crippen molar-refractivity contribution in [3.8, 4) is 11.3 Å². The second kappa shape index (κ2) is 9.43. The number of hydrogen-bond acceptors (Lipinski definition) is 6. The number of anilines is 1. The molecule has 1 saturated heterocycles. The van der Waals surface area contributed by atoms with Crippen molar-refractivity contribution in [2.24, 2.45) is 5.92 Å². The van der Waals surface area contributed by atoms with E-state index in [2.05, 4.69) is 20.2 Å². The van der Waals surface area contributed by atoms with Crippen LogP contribution >= 0.6 is 0 Å². The quantitative estimate of drug-likeness (QED) is 0.752. The summed E-state index contributed by atoms with van der Waals surface area (Å²) < 4.78 is 10.2. The van der Waals surface area contributed by atoms with Crippen molar-refractivity contribution in [2.45, 2.75) is 19.1 Å². The molecule has 1 aromatic heterocycles. The number of carbonyl (C=O) groups is 1. The second-order valence-electron chi connectivity index (χ2n) is 6.53. The molecule has 27 heavy (non-hydrogen) atoms. The molecule has 7 heteroatoms. The number of nitrogens with one attached hydrogen (secondary N) is 1. The van der Waals surface area contributed by atoms with Crippen LogP contribution in [0.1, 0.15) is 12.8 Å². The Morgan fingerprint density at radius 2 is 1.89 bits per heavy atom. The summed E-state index contributed by atoms with van der Waals surface area (Å²) in [6, 6.07) is 12.1. The minimum atomic E-state index is -0.411. The Morgan fingerprint density at radius 3 is 2.56 bits per heavy atom. The van der Waals surface area contributed by atoms with Gasteiger partial charge in [0.15, 0.2) is 6.29 Å². The zero-order valence-electron chi connectivity index (χ0n) is 15.8. The molecule has 1 amide bonds. The van der Waals surface area contributed by atoms with E-state index in [1.54, 1.807) is 20.5 Å². The van der Waals surface area contributed by atoms with E-state index >= 15 is 0 Å². The molecular weight excluding hydrogens is 344 g/mol. The lowest BCUT2D eigenvalue weighted by atomic mass is 9.96. The lowest BCUT2D eigenvalue weighted by molar-refractivity contribution is -0.131. The van der Waals surface area contributed by atoms with E-state index in [0.717, 1.165) is 43.0 Å². The topological polar surface area (TPSA) is 76.6 Å². The Balaban J connectivity index is 1.56. The average molecular weight is 370 g/mol. The number of methoxy groups -OCH3 is 2. The predicted octanol–water partition coefficient (Wildman–Crippen LogP) is 2.10. The van der Waals surface area contributed by atoms with Crippen molar-refractivity contribution in [2.75, 3.05) is 38.8 Å². The van der Waals surface area contributed by atoms with Crippen LogP contribution < -0.4 is 10.2 Å². The number of piperidine rings is 1. The highest BCUT2D eigenvalue weighted by Crippen LogP contribution is 2.25. The molecule has 0 atom stereocenters. The van der Waals surface area contributed by atoms with Crippen LogP contribution in [0.25, 0.3) is 11.3 Å². The van der Waals surface area contributed by atoms with Crippen molar-refractivity contribution in [3.05, 3.63) is 42.7 Å². The Labute approximate surface area is 159 Å². The molecule has 3 rings (SSSR count). The first-order valence-corrected chi connectivity index (χ1v) is 9.17. The van der Waals surface area contributed by atoms with Crippen LogP contribution in [0.5, 0.6) is 0 Å². The van der Waals surface area contributed by atoms with E-state index in [-0.39, 0.29) is 11.8 Å². The fraction of sp³-hybridized carbons (Fsp3) is 0.450. The molecule has 2 heterocycles. The van der Waals surface area contributed by atoms with Gasteiger partial charge in [0, 0.05) is 44.9 Å². The van der Waals surface area contributed by atoms with Crippen LogP contribution in [0, 0.1) is 5.92 Å². The third-order valence-electron chi connectivity index (χ3n) is 4.88. The van der Waals surface area contributed by atoms with E-state index in [1.165, 1.54) is 0 Å². The maximum Gasteiger partial charge on any atom is 0.223 e. The maximum atomic E-state index is 12.4. The van der Waals surface area contributed by atoms with Gasteiger partial charge < -0.3 is 19.7 Å². The van der Waals surface area contributed by atoms with Crippen molar-refractivity contribution in [3.63, 3.8) is 0 Å². The van der Waals surface area contributed by atoms with Crippen molar-refractivity contribution >= 4 is 11.7 Å². The molecule has 1 aliphatic rings. The fourth-order valence-corrected chi connectivity index (χ4v) is 3.25. The van der Waals surface area contributed by atoms with Crippen molar-refractivity contribution in [1.82, 2.24) is 15.3 Å². The number of amides is 1. The summed E-state index contributed by atoms with van der Waals surface area (Å²) in [6.07, 6.45) is 2.78. The molecule has 1 aromatic carbocycles. The molecule has 0 radical (unpaired) electrons. The number of rotatable bonds is 7. The minimum absolute atomic E-state index is 0.00560. The van der Waals surface area contributed by atoms with Crippen LogP contribution in [-0.2, 0) is 14.3 Å². The van der Waals surface area contributed by atoms with E-state index in [1.807, 2.05) is 36.4 Å². The van der Waals surface area contributed by atoms with Gasteiger partial charge in [-0.05, 0) is 12.8 Å². The molecule has 0 bridgehead atoms. The molecule has 2 aromatic rings. The number of ether oxygens (including phenoxy) is 2. The second-order valence-corrected chi connectivity index (χ2v) is 6.53. The molecule has 1 N–H and O–H groups in total. The van der Waals surface area contributed by atoms with Crippen molar-refractivity contribution in [1.29, 1.82) is 0 Å². The summed E-state index contributed by atoms with van der Waals surface area (Å²) in [5, 5.41) is 2.91. The first kappa shape index (κ1) is 19.3. The summed E-state index contributed by atoms with van der Waals surface area (Å²) in [7, 11) is 3.12. The van der Waals surface area contributed by atoms with E-state index in [0.29, 0.717) is 6.54 Å². The Bertz CT molecular complexity index is 729. The van der Waals surface area contributed by atoms with Crippen LogP contribution in [0.3, 0.4) is 0 Å². The average Bonchev–Trinajstić information content (AvgIpc) is 2.75. The highest BCUT2D eigenvalue weighted by Gasteiger charge is 2.26. The fourth-order valence-electron chi connectivity index (χ4n) is 3.25. The number of hydrogen-bond donors (Lipinski definition) is 1. The molecule has 144 valence electrons. The Hall–Kier alpha value is -2.51. The van der Waals surface area contributed by atoms with Crippen LogP contribution in [0.4, 0.5) is 5.82 Å². The lowest BCUT2D eigenvalue weighted by Gasteiger charge is -2.32. The lowest BCUT2D eigenvalue weighted by Crippen LogP contribution is -2.43. The summed E-state index contributed by atoms with van der Waals surface area (Å²) in [5.41, 5.74) is 1.98. The third kappa shape index (κ3) is 5.02. The van der Waals surface area contributed by atoms with Gasteiger partial charge in [0.2, 0.25) is 5.91 Å². The highest BCUT2D eigenvalue weighted by molar-refractivity contribution is 5.79. The van der Waals surface area contributed by atoms with E-state index in [4.69, 9.17) is 9.47 Å². The summed E-state index contributed by atoms with van der Waals surface area (Å²) in [4.78, 5) is 23.4. The van der Waals surface area contributed by atoms with Gasteiger partial charge in [-0.15, -0.1) is 0 Å². The monoisotopic (exact) mass is 370 g/mol. The number of benzene rings is 1. The maximum absolute atomic E-state index is 12.4. The van der Waals surface area contributed by atoms with Gasteiger partial charge in [-0.1, -0.05) is 30.3 Å². The zero-order valence-corrected chi connectivity index (χ0v) is 15.8. The third-order valence-corrected chi connectivity index (χ3v) is 4.88. The summed E-state index contributed by atoms with van der Waals surface area (Å²) in [6.45, 7) is 1.95. The molecule has 0 saturated carbocycles. The van der Waals surface area contributed by atoms with Gasteiger partial charge >= 0.3 is 0 Å². The standard InChI is InChI=1S/C20H26N4O3/c1-26-19(27-2)13-21-20(25)16-8-10-24(11-9-16)18-12-17(22-14-23-18)15-6-4-3-5-7-15/h3-7,12,14,16,19H,8-11,13H2,1-2H3,(H,21,25). The summed E-state index contributed by atoms with van der Waals surface area (Å²) >= 11 is 0. The minimum Gasteiger partial charge on any atom is -0.356 e. The molecule has 1 fully saturated rings. The summed E-state index contributed by atoms with van der Waals surface area (Å²) in [5.74, 6) is 0.967. The first-order chi connectivity index (χ1) is 13.2. The zero-order chi connectivity index (χ0) is 19.1. The smallest absolute Gasteiger partial charge is 0.223 e. The number of carbonyl (C=O) groups excluding carboxylic acids is 1. The van der Waals surface area contributed by atoms with Crippen LogP contribution in [0.2, 0.25) is 0 Å². The molecular formula is C20H26N4O3. The molecule has 7 nitrogen and oxygen atoms in total. The molecule has 0 spiro atoms. The van der Waals surface area contributed by atoms with Gasteiger partial charge in [0.1, 0.15) is 12.1 Å². The number of nitrogens with zero attached hydrogens (tertiary/aromatic N) is 3. The van der Waals surface area contributed by atoms with Gasteiger partial charge in [0.25, 0.3) is 0 Å².